The number of hydrogen-bond donors (Lipinski definition) is 2. The number of fused-ring (bicyclic) bond motifs is 2. The van der Waals surface area contributed by atoms with E-state index in [2.05, 4.69) is 21.2 Å². The van der Waals surface area contributed by atoms with Crippen LogP contribution in [0.3, 0.4) is 0 Å². The average molecular weight is 533 g/mol. The van der Waals surface area contributed by atoms with Gasteiger partial charge < -0.3 is 24.8 Å². The van der Waals surface area contributed by atoms with Crippen molar-refractivity contribution in [2.45, 2.75) is 13.5 Å². The van der Waals surface area contributed by atoms with Crippen LogP contribution in [0.25, 0.3) is 22.0 Å². The van der Waals surface area contributed by atoms with Crippen LogP contribution < -0.4 is 21.4 Å². The number of anilines is 2. The van der Waals surface area contributed by atoms with Crippen LogP contribution in [0, 0.1) is 6.92 Å². The predicted molar refractivity (Wildman–Crippen MR) is 139 cm³/mol. The van der Waals surface area contributed by atoms with Crippen molar-refractivity contribution in [1.29, 1.82) is 0 Å². The van der Waals surface area contributed by atoms with Crippen molar-refractivity contribution in [2.24, 2.45) is 5.73 Å². The van der Waals surface area contributed by atoms with E-state index in [9.17, 15) is 9.59 Å². The number of carbonyl (C=O) groups excluding carboxylic acids is 1. The summed E-state index contributed by atoms with van der Waals surface area (Å²) >= 11 is 3.47. The number of nitrogens with zero attached hydrogens (tertiary/aromatic N) is 2. The highest BCUT2D eigenvalue weighted by molar-refractivity contribution is 9.10. The molecule has 0 saturated carbocycles. The Bertz CT molecular complexity index is 1640. The maximum Gasteiger partial charge on any atom is 0.349 e. The number of hydrogen-bond acceptors (Lipinski definition) is 6. The molecule has 5 rings (SSSR count). The molecule has 0 aliphatic heterocycles. The molecule has 0 aliphatic carbocycles. The molecule has 0 spiro atoms. The molecule has 1 amide bonds. The zero-order chi connectivity index (χ0) is 24.7. The molecule has 5 aromatic rings. The maximum absolute atomic E-state index is 12.4. The van der Waals surface area contributed by atoms with Crippen molar-refractivity contribution < 1.29 is 13.9 Å². The second kappa shape index (κ2) is 8.92. The van der Waals surface area contributed by atoms with Gasteiger partial charge in [-0.1, -0.05) is 28.1 Å². The summed E-state index contributed by atoms with van der Waals surface area (Å²) in [5.41, 5.74) is 8.68. The van der Waals surface area contributed by atoms with E-state index in [1.54, 1.807) is 20.1 Å². The Morgan fingerprint density at radius 3 is 2.51 bits per heavy atom. The van der Waals surface area contributed by atoms with Crippen LogP contribution in [0.15, 0.2) is 74.3 Å². The fraction of sp³-hybridized carbons (Fsp3) is 0.115. The van der Waals surface area contributed by atoms with Crippen molar-refractivity contribution in [2.75, 3.05) is 12.4 Å². The molecule has 2 aromatic heterocycles. The van der Waals surface area contributed by atoms with Crippen LogP contribution in [0.4, 0.5) is 11.6 Å². The number of aryl methyl sites for hydroxylation is 1. The van der Waals surface area contributed by atoms with E-state index in [1.165, 1.54) is 0 Å². The van der Waals surface area contributed by atoms with Crippen LogP contribution in [0.1, 0.15) is 21.5 Å². The second-order valence-electron chi connectivity index (χ2n) is 8.09. The average Bonchev–Trinajstić information content (AvgIpc) is 3.15. The van der Waals surface area contributed by atoms with Gasteiger partial charge in [-0.25, -0.2) is 9.78 Å². The minimum Gasteiger partial charge on any atom is -0.497 e. The lowest BCUT2D eigenvalue weighted by Gasteiger charge is -2.12. The van der Waals surface area contributed by atoms with Gasteiger partial charge in [0.05, 0.1) is 24.7 Å². The number of halogens is 1. The van der Waals surface area contributed by atoms with E-state index in [0.29, 0.717) is 34.5 Å². The molecule has 8 nitrogen and oxygen atoms in total. The largest absolute Gasteiger partial charge is 0.497 e. The van der Waals surface area contributed by atoms with Crippen molar-refractivity contribution in [3.8, 4) is 5.75 Å². The molecule has 0 unspecified atom stereocenters. The normalized spacial score (nSPS) is 11.2. The molecule has 176 valence electrons. The molecular weight excluding hydrogens is 512 g/mol. The Morgan fingerprint density at radius 2 is 1.86 bits per heavy atom. The molecule has 0 bridgehead atoms. The summed E-state index contributed by atoms with van der Waals surface area (Å²) < 4.78 is 13.7. The van der Waals surface area contributed by atoms with Crippen molar-refractivity contribution >= 4 is 55.5 Å². The standard InChI is InChI=1S/C26H21BrN4O4/c1-14-19-11-20-21(12-22(19)35-25(33)23(14)24(28)32)31(13-15-3-5-16(27)6-4-15)26(30-20)29-17-7-9-18(34-2)10-8-17/h3-12H,13H2,1-2H3,(H2,28,32)(H,29,30). The summed E-state index contributed by atoms with van der Waals surface area (Å²) in [7, 11) is 1.62. The van der Waals surface area contributed by atoms with Crippen LogP contribution in [-0.4, -0.2) is 22.6 Å². The van der Waals surface area contributed by atoms with E-state index in [4.69, 9.17) is 19.9 Å². The van der Waals surface area contributed by atoms with E-state index in [0.717, 1.165) is 27.0 Å². The number of nitrogens with one attached hydrogen (secondary N) is 1. The number of benzene rings is 3. The first-order valence-corrected chi connectivity index (χ1v) is 11.6. The smallest absolute Gasteiger partial charge is 0.349 e. The van der Waals surface area contributed by atoms with Gasteiger partial charge in [-0.05, 0) is 60.5 Å². The number of carbonyl (C=O) groups is 1. The van der Waals surface area contributed by atoms with Crippen LogP contribution in [0.2, 0.25) is 0 Å². The molecule has 0 aliphatic rings. The minimum absolute atomic E-state index is 0.150. The number of aromatic nitrogens is 2. The maximum atomic E-state index is 12.4. The van der Waals surface area contributed by atoms with E-state index in [-0.39, 0.29) is 5.56 Å². The van der Waals surface area contributed by atoms with Crippen LogP contribution in [-0.2, 0) is 6.54 Å². The lowest BCUT2D eigenvalue weighted by atomic mass is 10.1. The number of ether oxygens (including phenoxy) is 1. The molecule has 0 saturated heterocycles. The Hall–Kier alpha value is -4.11. The lowest BCUT2D eigenvalue weighted by molar-refractivity contribution is 0.0996. The number of primary amides is 1. The molecule has 3 aromatic carbocycles. The summed E-state index contributed by atoms with van der Waals surface area (Å²) in [6.45, 7) is 2.21. The van der Waals surface area contributed by atoms with Gasteiger partial charge in [-0.15, -0.1) is 0 Å². The summed E-state index contributed by atoms with van der Waals surface area (Å²) in [6, 6.07) is 19.1. The van der Waals surface area contributed by atoms with E-state index < -0.39 is 11.5 Å². The first-order valence-electron chi connectivity index (χ1n) is 10.8. The zero-order valence-corrected chi connectivity index (χ0v) is 20.5. The topological polar surface area (TPSA) is 112 Å². The summed E-state index contributed by atoms with van der Waals surface area (Å²) in [4.78, 5) is 29.1. The van der Waals surface area contributed by atoms with Gasteiger partial charge in [0.2, 0.25) is 5.95 Å². The summed E-state index contributed by atoms with van der Waals surface area (Å²) in [5.74, 6) is 0.542. The third kappa shape index (κ3) is 4.26. The number of imidazole rings is 1. The van der Waals surface area contributed by atoms with E-state index in [1.807, 2.05) is 59.2 Å². The third-order valence-electron chi connectivity index (χ3n) is 5.88. The molecule has 9 heteroatoms. The van der Waals surface area contributed by atoms with Crippen molar-refractivity contribution in [3.05, 3.63) is 92.2 Å². The Morgan fingerprint density at radius 1 is 1.14 bits per heavy atom. The number of nitrogens with two attached hydrogens (primary N) is 1. The quantitative estimate of drug-likeness (QED) is 0.294. The van der Waals surface area contributed by atoms with Crippen LogP contribution in [0.5, 0.6) is 5.75 Å². The fourth-order valence-corrected chi connectivity index (χ4v) is 4.35. The van der Waals surface area contributed by atoms with Crippen molar-refractivity contribution in [3.63, 3.8) is 0 Å². The first kappa shape index (κ1) is 22.7. The Labute approximate surface area is 208 Å². The summed E-state index contributed by atoms with van der Waals surface area (Å²) in [6.07, 6.45) is 0. The summed E-state index contributed by atoms with van der Waals surface area (Å²) in [5, 5.41) is 3.98. The minimum atomic E-state index is -0.819. The van der Waals surface area contributed by atoms with Crippen molar-refractivity contribution in [1.82, 2.24) is 9.55 Å². The highest BCUT2D eigenvalue weighted by atomic mass is 79.9. The molecule has 0 atom stereocenters. The lowest BCUT2D eigenvalue weighted by Crippen LogP contribution is -2.22. The number of amides is 1. The number of methoxy groups -OCH3 is 1. The fourth-order valence-electron chi connectivity index (χ4n) is 4.08. The molecular formula is C26H21BrN4O4. The van der Waals surface area contributed by atoms with Gasteiger partial charge in [-0.2, -0.15) is 0 Å². The van der Waals surface area contributed by atoms with Gasteiger partial charge in [0.15, 0.2) is 0 Å². The van der Waals surface area contributed by atoms with Gasteiger partial charge in [-0.3, -0.25) is 4.79 Å². The number of rotatable bonds is 6. The molecule has 3 N–H and O–H groups in total. The highest BCUT2D eigenvalue weighted by Gasteiger charge is 2.19. The zero-order valence-electron chi connectivity index (χ0n) is 19.0. The third-order valence-corrected chi connectivity index (χ3v) is 6.41. The van der Waals surface area contributed by atoms with Gasteiger partial charge in [0.25, 0.3) is 5.91 Å². The van der Waals surface area contributed by atoms with Gasteiger partial charge in [0, 0.05) is 21.6 Å². The molecule has 0 fully saturated rings. The van der Waals surface area contributed by atoms with Crippen LogP contribution >= 0.6 is 15.9 Å². The highest BCUT2D eigenvalue weighted by Crippen LogP contribution is 2.30. The van der Waals surface area contributed by atoms with Gasteiger partial charge >= 0.3 is 5.63 Å². The molecule has 35 heavy (non-hydrogen) atoms. The monoisotopic (exact) mass is 532 g/mol. The Balaban J connectivity index is 1.70. The van der Waals surface area contributed by atoms with Gasteiger partial charge in [0.1, 0.15) is 16.9 Å². The second-order valence-corrected chi connectivity index (χ2v) is 9.01. The Kier molecular flexibility index (Phi) is 5.78. The molecule has 0 radical (unpaired) electrons. The SMILES string of the molecule is COc1ccc(Nc2nc3cc4c(C)c(C(N)=O)c(=O)oc4cc3n2Cc2ccc(Br)cc2)cc1. The first-order chi connectivity index (χ1) is 16.8. The predicted octanol–water partition coefficient (Wildman–Crippen LogP) is 5.11. The van der Waals surface area contributed by atoms with E-state index >= 15 is 0 Å². The molecule has 2 heterocycles.